The molecular weight excluding hydrogens is 334 g/mol. The van der Waals surface area contributed by atoms with Crippen molar-refractivity contribution in [2.75, 3.05) is 20.6 Å². The van der Waals surface area contributed by atoms with E-state index in [1.165, 1.54) is 45.1 Å². The van der Waals surface area contributed by atoms with Crippen LogP contribution < -0.4 is 0 Å². The fraction of sp³-hybridized carbons (Fsp3) is 0.792. The van der Waals surface area contributed by atoms with Gasteiger partial charge in [-0.3, -0.25) is 4.79 Å². The Labute approximate surface area is 166 Å². The van der Waals surface area contributed by atoms with E-state index in [4.69, 9.17) is 0 Å². The normalized spacial score (nSPS) is 27.5. The lowest BCUT2D eigenvalue weighted by Gasteiger charge is -2.18. The summed E-state index contributed by atoms with van der Waals surface area (Å²) in [5, 5.41) is 10.4. The second-order valence-electron chi connectivity index (χ2n) is 8.99. The minimum atomic E-state index is -0.276. The Morgan fingerprint density at radius 3 is 2.70 bits per heavy atom. The molecule has 2 aliphatic carbocycles. The molecule has 1 N–H and O–H groups in total. The van der Waals surface area contributed by atoms with Crippen LogP contribution in [0.3, 0.4) is 0 Å². The first kappa shape index (κ1) is 22.4. The molecule has 0 amide bonds. The number of aliphatic hydroxyl groups excluding tert-OH is 1. The molecule has 0 saturated heterocycles. The average Bonchev–Trinajstić information content (AvgIpc) is 3.13. The van der Waals surface area contributed by atoms with Crippen molar-refractivity contribution in [3.8, 4) is 0 Å². The molecule has 0 heterocycles. The lowest BCUT2D eigenvalue weighted by atomic mass is 9.88. The number of ketones is 1. The molecule has 0 unspecified atom stereocenters. The van der Waals surface area contributed by atoms with Crippen LogP contribution in [0, 0.1) is 17.8 Å². The van der Waals surface area contributed by atoms with E-state index in [0.717, 1.165) is 25.7 Å². The molecule has 4 atom stereocenters. The van der Waals surface area contributed by atoms with Crippen LogP contribution in [0.25, 0.3) is 0 Å². The Balaban J connectivity index is 1.73. The molecule has 0 radical (unpaired) electrons. The van der Waals surface area contributed by atoms with Gasteiger partial charge in [0.2, 0.25) is 0 Å². The van der Waals surface area contributed by atoms with Gasteiger partial charge in [-0.1, -0.05) is 50.3 Å². The number of hydrogen-bond acceptors (Lipinski definition) is 3. The maximum Gasteiger partial charge on any atom is 0.155 e. The predicted molar refractivity (Wildman–Crippen MR) is 114 cm³/mol. The van der Waals surface area contributed by atoms with Crippen molar-refractivity contribution in [3.63, 3.8) is 0 Å². The Kier molecular flexibility index (Phi) is 9.78. The third-order valence-electron chi connectivity index (χ3n) is 6.33. The molecule has 3 nitrogen and oxygen atoms in total. The SMILES string of the molecule is CCCCCCC(=O)C=C[C@@H]1[C@H]2CC(CCCCCN(C)C)=C[C@H]2C[C@H]1O. The van der Waals surface area contributed by atoms with Crippen LogP contribution in [0.2, 0.25) is 0 Å². The zero-order chi connectivity index (χ0) is 19.6. The third kappa shape index (κ3) is 7.54. The lowest BCUT2D eigenvalue weighted by molar-refractivity contribution is -0.114. The van der Waals surface area contributed by atoms with E-state index < -0.39 is 0 Å². The maximum atomic E-state index is 12.1. The predicted octanol–water partition coefficient (Wildman–Crippen LogP) is 5.15. The molecule has 1 fully saturated rings. The number of unbranched alkanes of at least 4 members (excludes halogenated alkanes) is 5. The van der Waals surface area contributed by atoms with E-state index in [-0.39, 0.29) is 17.8 Å². The van der Waals surface area contributed by atoms with Crippen LogP contribution in [0.15, 0.2) is 23.8 Å². The quantitative estimate of drug-likeness (QED) is 0.275. The van der Waals surface area contributed by atoms with Gasteiger partial charge in [-0.2, -0.15) is 0 Å². The fourth-order valence-electron chi connectivity index (χ4n) is 4.78. The second kappa shape index (κ2) is 11.8. The minimum Gasteiger partial charge on any atom is -0.392 e. The summed E-state index contributed by atoms with van der Waals surface area (Å²) in [4.78, 5) is 14.3. The Bertz CT molecular complexity index is 509. The van der Waals surface area contributed by atoms with E-state index in [2.05, 4.69) is 32.0 Å². The van der Waals surface area contributed by atoms with Crippen LogP contribution in [-0.2, 0) is 4.79 Å². The molecule has 1 saturated carbocycles. The van der Waals surface area contributed by atoms with Crippen molar-refractivity contribution in [1.29, 1.82) is 0 Å². The summed E-state index contributed by atoms with van der Waals surface area (Å²) in [5.41, 5.74) is 1.59. The first-order chi connectivity index (χ1) is 13.0. The van der Waals surface area contributed by atoms with Crippen LogP contribution in [0.5, 0.6) is 0 Å². The van der Waals surface area contributed by atoms with Crippen molar-refractivity contribution in [3.05, 3.63) is 23.8 Å². The van der Waals surface area contributed by atoms with Gasteiger partial charge in [-0.25, -0.2) is 0 Å². The summed E-state index contributed by atoms with van der Waals surface area (Å²) in [7, 11) is 4.27. The van der Waals surface area contributed by atoms with Gasteiger partial charge in [0.25, 0.3) is 0 Å². The lowest BCUT2D eigenvalue weighted by Crippen LogP contribution is -2.17. The first-order valence-corrected chi connectivity index (χ1v) is 11.2. The summed E-state index contributed by atoms with van der Waals surface area (Å²) >= 11 is 0. The molecule has 2 rings (SSSR count). The Hall–Kier alpha value is -0.930. The fourth-order valence-corrected chi connectivity index (χ4v) is 4.78. The molecule has 0 spiro atoms. The molecule has 0 aromatic heterocycles. The largest absolute Gasteiger partial charge is 0.392 e. The van der Waals surface area contributed by atoms with Crippen LogP contribution >= 0.6 is 0 Å². The highest BCUT2D eigenvalue weighted by atomic mass is 16.3. The van der Waals surface area contributed by atoms with Gasteiger partial charge in [0.1, 0.15) is 0 Å². The zero-order valence-corrected chi connectivity index (χ0v) is 17.8. The van der Waals surface area contributed by atoms with Crippen molar-refractivity contribution in [1.82, 2.24) is 4.90 Å². The van der Waals surface area contributed by atoms with E-state index in [1.54, 1.807) is 11.6 Å². The highest BCUT2D eigenvalue weighted by Crippen LogP contribution is 2.48. The maximum absolute atomic E-state index is 12.1. The molecule has 27 heavy (non-hydrogen) atoms. The standard InChI is InChI=1S/C24H41NO2/c1-4-5-6-9-12-21(26)13-14-22-23-17-19(16-20(23)18-24(22)27)11-8-7-10-15-25(2)3/h13-14,16,20,22-24,27H,4-12,15,17-18H2,1-3H3/t20-,22+,23-,24+/m0/s1. The van der Waals surface area contributed by atoms with Gasteiger partial charge >= 0.3 is 0 Å². The number of carbonyl (C=O) groups is 1. The summed E-state index contributed by atoms with van der Waals surface area (Å²) < 4.78 is 0. The summed E-state index contributed by atoms with van der Waals surface area (Å²) in [5.74, 6) is 1.43. The number of rotatable bonds is 13. The first-order valence-electron chi connectivity index (χ1n) is 11.2. The summed E-state index contributed by atoms with van der Waals surface area (Å²) in [6, 6.07) is 0. The molecule has 3 heteroatoms. The number of carbonyl (C=O) groups excluding carboxylic acids is 1. The van der Waals surface area contributed by atoms with E-state index in [9.17, 15) is 9.90 Å². The van der Waals surface area contributed by atoms with E-state index in [0.29, 0.717) is 18.3 Å². The summed E-state index contributed by atoms with van der Waals surface area (Å²) in [6.45, 7) is 3.36. The van der Waals surface area contributed by atoms with Crippen LogP contribution in [0.4, 0.5) is 0 Å². The van der Waals surface area contributed by atoms with Crippen molar-refractivity contribution >= 4 is 5.78 Å². The minimum absolute atomic E-state index is 0.164. The highest BCUT2D eigenvalue weighted by Gasteiger charge is 2.43. The number of nitrogens with zero attached hydrogens (tertiary/aromatic N) is 1. The topological polar surface area (TPSA) is 40.5 Å². The van der Waals surface area contributed by atoms with E-state index in [1.807, 2.05) is 6.08 Å². The van der Waals surface area contributed by atoms with Gasteiger partial charge in [-0.15, -0.1) is 0 Å². The Morgan fingerprint density at radius 1 is 1.19 bits per heavy atom. The third-order valence-corrected chi connectivity index (χ3v) is 6.33. The molecule has 0 aromatic rings. The van der Waals surface area contributed by atoms with Crippen molar-refractivity contribution < 1.29 is 9.90 Å². The Morgan fingerprint density at radius 2 is 1.96 bits per heavy atom. The van der Waals surface area contributed by atoms with Gasteiger partial charge in [0, 0.05) is 12.3 Å². The average molecular weight is 376 g/mol. The smallest absolute Gasteiger partial charge is 0.155 e. The van der Waals surface area contributed by atoms with E-state index >= 15 is 0 Å². The zero-order valence-electron chi connectivity index (χ0n) is 17.8. The number of aliphatic hydroxyl groups is 1. The molecule has 0 bridgehead atoms. The number of hydrogen-bond donors (Lipinski definition) is 1. The van der Waals surface area contributed by atoms with Gasteiger partial charge in [0.05, 0.1) is 6.10 Å². The molecule has 154 valence electrons. The van der Waals surface area contributed by atoms with Crippen molar-refractivity contribution in [2.45, 2.75) is 83.7 Å². The van der Waals surface area contributed by atoms with Crippen molar-refractivity contribution in [2.24, 2.45) is 17.8 Å². The summed E-state index contributed by atoms with van der Waals surface area (Å²) in [6.07, 6.45) is 18.2. The second-order valence-corrected chi connectivity index (χ2v) is 8.99. The molecule has 2 aliphatic rings. The van der Waals surface area contributed by atoms with Gasteiger partial charge in [-0.05, 0) is 77.1 Å². The van der Waals surface area contributed by atoms with Crippen LogP contribution in [0.1, 0.15) is 77.6 Å². The van der Waals surface area contributed by atoms with Crippen LogP contribution in [-0.4, -0.2) is 42.5 Å². The number of fused-ring (bicyclic) bond motifs is 1. The van der Waals surface area contributed by atoms with Gasteiger partial charge in [0.15, 0.2) is 5.78 Å². The number of allylic oxidation sites excluding steroid dienone is 3. The molecule has 0 aromatic carbocycles. The molecular formula is C24H41NO2. The highest BCUT2D eigenvalue weighted by molar-refractivity contribution is 5.89. The molecule has 0 aliphatic heterocycles. The van der Waals surface area contributed by atoms with Gasteiger partial charge < -0.3 is 10.0 Å². The monoisotopic (exact) mass is 375 g/mol.